The number of carbonyl (C=O) groups is 2. The fourth-order valence-corrected chi connectivity index (χ4v) is 3.28. The van der Waals surface area contributed by atoms with E-state index in [4.69, 9.17) is 4.74 Å². The molecule has 29 heavy (non-hydrogen) atoms. The Labute approximate surface area is 171 Å². The third-order valence-electron chi connectivity index (χ3n) is 4.91. The predicted octanol–water partition coefficient (Wildman–Crippen LogP) is 5.21. The molecule has 5 heteroatoms. The number of esters is 1. The van der Waals surface area contributed by atoms with Crippen LogP contribution < -0.4 is 5.32 Å². The summed E-state index contributed by atoms with van der Waals surface area (Å²) < 4.78 is 5.17. The van der Waals surface area contributed by atoms with Gasteiger partial charge < -0.3 is 15.0 Å². The number of ether oxygens (including phenoxy) is 1. The summed E-state index contributed by atoms with van der Waals surface area (Å²) in [5.41, 5.74) is 3.63. The molecule has 0 saturated carbocycles. The van der Waals surface area contributed by atoms with Crippen molar-refractivity contribution < 1.29 is 14.3 Å². The third-order valence-corrected chi connectivity index (χ3v) is 4.91. The van der Waals surface area contributed by atoms with Crippen LogP contribution in [0.15, 0.2) is 48.5 Å². The normalized spacial score (nSPS) is 11.4. The van der Waals surface area contributed by atoms with Crippen molar-refractivity contribution in [2.75, 3.05) is 11.9 Å². The fraction of sp³-hybridized carbons (Fsp3) is 0.333. The zero-order chi connectivity index (χ0) is 21.0. The highest BCUT2D eigenvalue weighted by Gasteiger charge is 2.21. The Morgan fingerprint density at radius 3 is 2.38 bits per heavy atom. The zero-order valence-corrected chi connectivity index (χ0v) is 17.5. The lowest BCUT2D eigenvalue weighted by atomic mass is 9.86. The van der Waals surface area contributed by atoms with Crippen molar-refractivity contribution in [2.24, 2.45) is 0 Å². The SMILES string of the molecule is CCOC(=O)c1c(NC(=O)CCc2ccc(C(C)(C)C)cc2)[nH]c2ccccc12. The van der Waals surface area contributed by atoms with Crippen LogP contribution in [0, 0.1) is 0 Å². The first-order chi connectivity index (χ1) is 13.8. The minimum atomic E-state index is -0.446. The Bertz CT molecular complexity index is 1010. The van der Waals surface area contributed by atoms with Gasteiger partial charge in [-0.2, -0.15) is 0 Å². The number of nitrogens with one attached hydrogen (secondary N) is 2. The molecule has 0 saturated heterocycles. The van der Waals surface area contributed by atoms with E-state index < -0.39 is 5.97 Å². The van der Waals surface area contributed by atoms with E-state index in [1.807, 2.05) is 24.3 Å². The van der Waals surface area contributed by atoms with Gasteiger partial charge in [-0.1, -0.05) is 63.2 Å². The number of aromatic amines is 1. The molecule has 1 heterocycles. The van der Waals surface area contributed by atoms with Crippen molar-refractivity contribution in [1.82, 2.24) is 4.98 Å². The number of para-hydroxylation sites is 1. The Kier molecular flexibility index (Phi) is 6.06. The van der Waals surface area contributed by atoms with Crippen molar-refractivity contribution in [1.29, 1.82) is 0 Å². The van der Waals surface area contributed by atoms with E-state index in [1.165, 1.54) is 5.56 Å². The topological polar surface area (TPSA) is 71.2 Å². The minimum absolute atomic E-state index is 0.106. The first-order valence-corrected chi connectivity index (χ1v) is 9.96. The second-order valence-electron chi connectivity index (χ2n) is 8.14. The summed E-state index contributed by atoms with van der Waals surface area (Å²) in [6.45, 7) is 8.57. The predicted molar refractivity (Wildman–Crippen MR) is 116 cm³/mol. The molecule has 2 aromatic carbocycles. The number of anilines is 1. The molecule has 5 nitrogen and oxygen atoms in total. The van der Waals surface area contributed by atoms with Crippen molar-refractivity contribution in [2.45, 2.75) is 46.0 Å². The van der Waals surface area contributed by atoms with Gasteiger partial charge >= 0.3 is 5.97 Å². The lowest BCUT2D eigenvalue weighted by molar-refractivity contribution is -0.116. The maximum Gasteiger partial charge on any atom is 0.342 e. The van der Waals surface area contributed by atoms with E-state index in [1.54, 1.807) is 6.92 Å². The lowest BCUT2D eigenvalue weighted by Gasteiger charge is -2.19. The van der Waals surface area contributed by atoms with Gasteiger partial charge in [-0.15, -0.1) is 0 Å². The smallest absolute Gasteiger partial charge is 0.342 e. The number of hydrogen-bond acceptors (Lipinski definition) is 3. The van der Waals surface area contributed by atoms with Crippen LogP contribution in [0.5, 0.6) is 0 Å². The van der Waals surface area contributed by atoms with Gasteiger partial charge in [0.25, 0.3) is 0 Å². The van der Waals surface area contributed by atoms with Crippen molar-refractivity contribution >= 4 is 28.6 Å². The molecule has 1 aromatic heterocycles. The second kappa shape index (κ2) is 8.52. The summed E-state index contributed by atoms with van der Waals surface area (Å²) in [5, 5.41) is 3.59. The van der Waals surface area contributed by atoms with E-state index in [0.717, 1.165) is 16.5 Å². The number of amides is 1. The number of fused-ring (bicyclic) bond motifs is 1. The summed E-state index contributed by atoms with van der Waals surface area (Å²) in [6.07, 6.45) is 0.956. The molecule has 0 bridgehead atoms. The summed E-state index contributed by atoms with van der Waals surface area (Å²) in [6, 6.07) is 15.8. The van der Waals surface area contributed by atoms with Crippen LogP contribution in [0.4, 0.5) is 5.82 Å². The van der Waals surface area contributed by atoms with Crippen LogP contribution in [0.1, 0.15) is 55.6 Å². The van der Waals surface area contributed by atoms with Gasteiger partial charge in [0, 0.05) is 17.3 Å². The fourth-order valence-electron chi connectivity index (χ4n) is 3.28. The molecule has 152 valence electrons. The van der Waals surface area contributed by atoms with E-state index in [-0.39, 0.29) is 17.9 Å². The highest BCUT2D eigenvalue weighted by atomic mass is 16.5. The van der Waals surface area contributed by atoms with Gasteiger partial charge in [-0.25, -0.2) is 4.79 Å². The Morgan fingerprint density at radius 2 is 1.72 bits per heavy atom. The molecular formula is C24H28N2O3. The Hall–Kier alpha value is -3.08. The number of aromatic nitrogens is 1. The molecule has 0 fully saturated rings. The first-order valence-electron chi connectivity index (χ1n) is 9.96. The standard InChI is InChI=1S/C24H28N2O3/c1-5-29-23(28)21-18-8-6-7-9-19(18)25-22(21)26-20(27)15-12-16-10-13-17(14-11-16)24(2,3)4/h6-11,13-14,25H,5,12,15H2,1-4H3,(H,26,27). The zero-order valence-electron chi connectivity index (χ0n) is 17.5. The van der Waals surface area contributed by atoms with Crippen LogP contribution >= 0.6 is 0 Å². The Morgan fingerprint density at radius 1 is 1.03 bits per heavy atom. The van der Waals surface area contributed by atoms with Gasteiger partial charge in [0.2, 0.25) is 5.91 Å². The highest BCUT2D eigenvalue weighted by molar-refractivity contribution is 6.11. The average Bonchev–Trinajstić information content (AvgIpc) is 3.04. The molecule has 0 radical (unpaired) electrons. The largest absolute Gasteiger partial charge is 0.462 e. The molecule has 3 aromatic rings. The summed E-state index contributed by atoms with van der Waals surface area (Å²) in [4.78, 5) is 28.1. The van der Waals surface area contributed by atoms with Crippen LogP contribution in [-0.2, 0) is 21.4 Å². The third kappa shape index (κ3) is 4.86. The van der Waals surface area contributed by atoms with E-state index in [0.29, 0.717) is 24.2 Å². The molecule has 0 aliphatic heterocycles. The van der Waals surface area contributed by atoms with Gasteiger partial charge in [0.1, 0.15) is 11.4 Å². The molecule has 0 spiro atoms. The molecule has 3 rings (SSSR count). The first kappa shape index (κ1) is 20.6. The quantitative estimate of drug-likeness (QED) is 0.566. The van der Waals surface area contributed by atoms with Crippen LogP contribution in [-0.4, -0.2) is 23.5 Å². The van der Waals surface area contributed by atoms with Gasteiger partial charge in [0.05, 0.1) is 6.61 Å². The van der Waals surface area contributed by atoms with E-state index in [9.17, 15) is 9.59 Å². The van der Waals surface area contributed by atoms with Crippen LogP contribution in [0.2, 0.25) is 0 Å². The second-order valence-corrected chi connectivity index (χ2v) is 8.14. The van der Waals surface area contributed by atoms with Gasteiger partial charge in [0.15, 0.2) is 0 Å². The average molecular weight is 392 g/mol. The molecule has 0 aliphatic rings. The van der Waals surface area contributed by atoms with Crippen LogP contribution in [0.3, 0.4) is 0 Å². The number of H-pyrrole nitrogens is 1. The highest BCUT2D eigenvalue weighted by Crippen LogP contribution is 2.27. The maximum atomic E-state index is 12.5. The number of carbonyl (C=O) groups excluding carboxylic acids is 2. The van der Waals surface area contributed by atoms with Crippen LogP contribution in [0.25, 0.3) is 10.9 Å². The number of benzene rings is 2. The minimum Gasteiger partial charge on any atom is -0.462 e. The molecule has 0 aliphatic carbocycles. The molecular weight excluding hydrogens is 364 g/mol. The van der Waals surface area contributed by atoms with E-state index >= 15 is 0 Å². The number of rotatable bonds is 6. The number of hydrogen-bond donors (Lipinski definition) is 2. The molecule has 1 amide bonds. The van der Waals surface area contributed by atoms with Gasteiger partial charge in [-0.3, -0.25) is 4.79 Å². The summed E-state index contributed by atoms with van der Waals surface area (Å²) in [7, 11) is 0. The summed E-state index contributed by atoms with van der Waals surface area (Å²) in [5.74, 6) is -0.210. The lowest BCUT2D eigenvalue weighted by Crippen LogP contribution is -2.16. The molecule has 0 atom stereocenters. The maximum absolute atomic E-state index is 12.5. The number of aryl methyl sites for hydroxylation is 1. The Balaban J connectivity index is 1.71. The van der Waals surface area contributed by atoms with Crippen molar-refractivity contribution in [3.05, 3.63) is 65.2 Å². The van der Waals surface area contributed by atoms with E-state index in [2.05, 4.69) is 55.3 Å². The molecule has 2 N–H and O–H groups in total. The van der Waals surface area contributed by atoms with Crippen molar-refractivity contribution in [3.63, 3.8) is 0 Å². The summed E-state index contributed by atoms with van der Waals surface area (Å²) >= 11 is 0. The van der Waals surface area contributed by atoms with Gasteiger partial charge in [-0.05, 0) is 36.0 Å². The monoisotopic (exact) mass is 392 g/mol. The van der Waals surface area contributed by atoms with Crippen molar-refractivity contribution in [3.8, 4) is 0 Å². The molecule has 0 unspecified atom stereocenters.